The molecule has 4 heteroatoms. The molecule has 1 aromatic carbocycles. The quantitative estimate of drug-likeness (QED) is 0.921. The Morgan fingerprint density at radius 1 is 1.04 bits per heavy atom. The minimum atomic E-state index is -0.460. The topological polar surface area (TPSA) is 43.3 Å². The van der Waals surface area contributed by atoms with E-state index in [1.807, 2.05) is 20.8 Å². The van der Waals surface area contributed by atoms with Crippen molar-refractivity contribution in [2.45, 2.75) is 46.6 Å². The SMILES string of the molecule is Cc1ccc(C)n1-c1ccc(CCNC(=O)OC(C)(C)C)cc1. The summed E-state index contributed by atoms with van der Waals surface area (Å²) in [6.45, 7) is 10.3. The van der Waals surface area contributed by atoms with Crippen LogP contribution in [-0.2, 0) is 11.2 Å². The van der Waals surface area contributed by atoms with Crippen molar-refractivity contribution in [3.05, 3.63) is 53.3 Å². The molecule has 0 atom stereocenters. The lowest BCUT2D eigenvalue weighted by Gasteiger charge is -2.19. The first-order valence-electron chi connectivity index (χ1n) is 7.97. The Kier molecular flexibility index (Phi) is 5.14. The summed E-state index contributed by atoms with van der Waals surface area (Å²) in [6.07, 6.45) is 0.413. The lowest BCUT2D eigenvalue weighted by atomic mass is 10.1. The molecule has 0 aliphatic carbocycles. The Labute approximate surface area is 138 Å². The average Bonchev–Trinajstić information content (AvgIpc) is 2.77. The zero-order valence-electron chi connectivity index (χ0n) is 14.6. The van der Waals surface area contributed by atoms with E-state index in [1.165, 1.54) is 17.0 Å². The minimum Gasteiger partial charge on any atom is -0.444 e. The van der Waals surface area contributed by atoms with Crippen LogP contribution >= 0.6 is 0 Å². The van der Waals surface area contributed by atoms with Crippen LogP contribution in [0.5, 0.6) is 0 Å². The van der Waals surface area contributed by atoms with Crippen LogP contribution in [-0.4, -0.2) is 22.8 Å². The van der Waals surface area contributed by atoms with Gasteiger partial charge in [-0.25, -0.2) is 4.79 Å². The summed E-state index contributed by atoms with van der Waals surface area (Å²) in [4.78, 5) is 11.6. The molecular weight excluding hydrogens is 288 g/mol. The van der Waals surface area contributed by atoms with E-state index < -0.39 is 5.60 Å². The van der Waals surface area contributed by atoms with Crippen molar-refractivity contribution in [1.82, 2.24) is 9.88 Å². The van der Waals surface area contributed by atoms with Crippen LogP contribution in [0.1, 0.15) is 37.7 Å². The maximum absolute atomic E-state index is 11.6. The molecule has 0 radical (unpaired) electrons. The van der Waals surface area contributed by atoms with Gasteiger partial charge in [-0.3, -0.25) is 0 Å². The highest BCUT2D eigenvalue weighted by molar-refractivity contribution is 5.67. The van der Waals surface area contributed by atoms with Crippen LogP contribution in [0, 0.1) is 13.8 Å². The molecule has 1 amide bonds. The highest BCUT2D eigenvalue weighted by Crippen LogP contribution is 2.17. The molecule has 124 valence electrons. The van der Waals surface area contributed by atoms with Crippen molar-refractivity contribution in [1.29, 1.82) is 0 Å². The molecule has 1 N–H and O–H groups in total. The van der Waals surface area contributed by atoms with Crippen LogP contribution in [0.25, 0.3) is 5.69 Å². The van der Waals surface area contributed by atoms with Gasteiger partial charge in [0, 0.05) is 23.6 Å². The van der Waals surface area contributed by atoms with Gasteiger partial charge in [0.1, 0.15) is 5.60 Å². The number of amides is 1. The highest BCUT2D eigenvalue weighted by Gasteiger charge is 2.15. The summed E-state index contributed by atoms with van der Waals surface area (Å²) >= 11 is 0. The molecule has 0 saturated carbocycles. The summed E-state index contributed by atoms with van der Waals surface area (Å²) in [7, 11) is 0. The second-order valence-electron chi connectivity index (χ2n) is 6.80. The van der Waals surface area contributed by atoms with Crippen LogP contribution in [0.15, 0.2) is 36.4 Å². The molecule has 0 aliphatic heterocycles. The van der Waals surface area contributed by atoms with E-state index >= 15 is 0 Å². The molecule has 1 heterocycles. The van der Waals surface area contributed by atoms with E-state index in [-0.39, 0.29) is 6.09 Å². The number of carbonyl (C=O) groups is 1. The van der Waals surface area contributed by atoms with E-state index in [0.717, 1.165) is 12.1 Å². The van der Waals surface area contributed by atoms with Gasteiger partial charge in [-0.15, -0.1) is 0 Å². The minimum absolute atomic E-state index is 0.368. The molecule has 0 unspecified atom stereocenters. The Hall–Kier alpha value is -2.23. The fraction of sp³-hybridized carbons (Fsp3) is 0.421. The van der Waals surface area contributed by atoms with E-state index in [9.17, 15) is 4.79 Å². The van der Waals surface area contributed by atoms with Crippen molar-refractivity contribution in [2.24, 2.45) is 0 Å². The lowest BCUT2D eigenvalue weighted by Crippen LogP contribution is -2.33. The van der Waals surface area contributed by atoms with Crippen LogP contribution in [0.3, 0.4) is 0 Å². The fourth-order valence-corrected chi connectivity index (χ4v) is 2.51. The average molecular weight is 314 g/mol. The van der Waals surface area contributed by atoms with Crippen LogP contribution in [0.4, 0.5) is 4.79 Å². The first-order valence-corrected chi connectivity index (χ1v) is 7.97. The van der Waals surface area contributed by atoms with Crippen molar-refractivity contribution >= 4 is 6.09 Å². The van der Waals surface area contributed by atoms with E-state index in [2.05, 4.69) is 60.1 Å². The predicted molar refractivity (Wildman–Crippen MR) is 93.2 cm³/mol. The van der Waals surface area contributed by atoms with Crippen molar-refractivity contribution in [2.75, 3.05) is 6.54 Å². The fourth-order valence-electron chi connectivity index (χ4n) is 2.51. The largest absolute Gasteiger partial charge is 0.444 e. The van der Waals surface area contributed by atoms with Crippen molar-refractivity contribution in [3.63, 3.8) is 0 Å². The molecule has 23 heavy (non-hydrogen) atoms. The first-order chi connectivity index (χ1) is 10.8. The van der Waals surface area contributed by atoms with E-state index in [0.29, 0.717) is 6.54 Å². The van der Waals surface area contributed by atoms with Crippen LogP contribution < -0.4 is 5.32 Å². The smallest absolute Gasteiger partial charge is 0.407 e. The van der Waals surface area contributed by atoms with Gasteiger partial charge in [0.05, 0.1) is 0 Å². The third-order valence-electron chi connectivity index (χ3n) is 3.55. The first kappa shape index (κ1) is 17.1. The second kappa shape index (κ2) is 6.90. The van der Waals surface area contributed by atoms with Crippen LogP contribution in [0.2, 0.25) is 0 Å². The summed E-state index contributed by atoms with van der Waals surface area (Å²) in [6, 6.07) is 12.7. The lowest BCUT2D eigenvalue weighted by molar-refractivity contribution is 0.0528. The molecule has 0 spiro atoms. The molecule has 0 fully saturated rings. The number of ether oxygens (including phenoxy) is 1. The Morgan fingerprint density at radius 3 is 2.13 bits per heavy atom. The molecule has 0 saturated heterocycles. The maximum Gasteiger partial charge on any atom is 0.407 e. The number of nitrogens with one attached hydrogen (secondary N) is 1. The van der Waals surface area contributed by atoms with Gasteiger partial charge in [-0.2, -0.15) is 0 Å². The number of hydrogen-bond acceptors (Lipinski definition) is 2. The number of carbonyl (C=O) groups excluding carboxylic acids is 1. The monoisotopic (exact) mass is 314 g/mol. The zero-order chi connectivity index (χ0) is 17.0. The molecule has 0 bridgehead atoms. The third kappa shape index (κ3) is 4.88. The summed E-state index contributed by atoms with van der Waals surface area (Å²) in [5.74, 6) is 0. The molecule has 2 aromatic rings. The number of benzene rings is 1. The number of alkyl carbamates (subject to hydrolysis) is 1. The van der Waals surface area contributed by atoms with Gasteiger partial charge in [0.2, 0.25) is 0 Å². The third-order valence-corrected chi connectivity index (χ3v) is 3.55. The number of rotatable bonds is 4. The number of hydrogen-bond donors (Lipinski definition) is 1. The van der Waals surface area contributed by atoms with Gasteiger partial charge >= 0.3 is 6.09 Å². The number of nitrogens with zero attached hydrogens (tertiary/aromatic N) is 1. The van der Waals surface area contributed by atoms with Gasteiger partial charge < -0.3 is 14.6 Å². The van der Waals surface area contributed by atoms with Gasteiger partial charge in [0.15, 0.2) is 0 Å². The molecule has 0 aliphatic rings. The Balaban J connectivity index is 1.90. The number of aryl methyl sites for hydroxylation is 2. The summed E-state index contributed by atoms with van der Waals surface area (Å²) in [5.41, 5.74) is 4.34. The Bertz CT molecular complexity index is 644. The van der Waals surface area contributed by atoms with Crippen molar-refractivity contribution in [3.8, 4) is 5.69 Å². The zero-order valence-corrected chi connectivity index (χ0v) is 14.6. The predicted octanol–water partition coefficient (Wildman–Crippen LogP) is 4.16. The van der Waals surface area contributed by atoms with Gasteiger partial charge in [-0.1, -0.05) is 12.1 Å². The summed E-state index contributed by atoms with van der Waals surface area (Å²) in [5, 5.41) is 2.78. The molecule has 4 nitrogen and oxygen atoms in total. The van der Waals surface area contributed by atoms with Gasteiger partial charge in [-0.05, 0) is 70.9 Å². The highest BCUT2D eigenvalue weighted by atomic mass is 16.6. The van der Waals surface area contributed by atoms with E-state index in [4.69, 9.17) is 4.74 Å². The second-order valence-corrected chi connectivity index (χ2v) is 6.80. The normalized spacial score (nSPS) is 11.3. The molecule has 2 rings (SSSR count). The molecule has 1 aromatic heterocycles. The standard InChI is InChI=1S/C19H26N2O2/c1-14-6-7-15(2)21(14)17-10-8-16(9-11-17)12-13-20-18(22)23-19(3,4)5/h6-11H,12-13H2,1-5H3,(H,20,22). The van der Waals surface area contributed by atoms with Gasteiger partial charge in [0.25, 0.3) is 0 Å². The summed E-state index contributed by atoms with van der Waals surface area (Å²) < 4.78 is 7.44. The number of aromatic nitrogens is 1. The maximum atomic E-state index is 11.6. The molecular formula is C19H26N2O2. The van der Waals surface area contributed by atoms with Crippen molar-refractivity contribution < 1.29 is 9.53 Å². The Morgan fingerprint density at radius 2 is 1.61 bits per heavy atom. The van der Waals surface area contributed by atoms with E-state index in [1.54, 1.807) is 0 Å².